The summed E-state index contributed by atoms with van der Waals surface area (Å²) in [5.41, 5.74) is 2.47. The van der Waals surface area contributed by atoms with Gasteiger partial charge in [0.05, 0.1) is 0 Å². The molecule has 0 N–H and O–H groups in total. The highest BCUT2D eigenvalue weighted by molar-refractivity contribution is 6.31. The van der Waals surface area contributed by atoms with Crippen molar-refractivity contribution < 1.29 is 0 Å². The minimum absolute atomic E-state index is 0.265. The van der Waals surface area contributed by atoms with E-state index in [-0.39, 0.29) is 5.38 Å². The first-order valence-electron chi connectivity index (χ1n) is 5.40. The number of hydrogen-bond acceptors (Lipinski definition) is 0. The summed E-state index contributed by atoms with van der Waals surface area (Å²) in [5.74, 6) is 0.542. The Morgan fingerprint density at radius 2 is 1.93 bits per heavy atom. The van der Waals surface area contributed by atoms with Gasteiger partial charge in [-0.25, -0.2) is 0 Å². The molecule has 0 aliphatic carbocycles. The molecule has 1 aromatic carbocycles. The number of alkyl halides is 1. The number of hydrogen-bond donors (Lipinski definition) is 0. The van der Waals surface area contributed by atoms with Crippen LogP contribution in [0.2, 0.25) is 5.02 Å². The van der Waals surface area contributed by atoms with Crippen molar-refractivity contribution in [3.63, 3.8) is 0 Å². The average molecular weight is 245 g/mol. The molecule has 1 rings (SSSR count). The van der Waals surface area contributed by atoms with Gasteiger partial charge in [-0.15, -0.1) is 11.6 Å². The van der Waals surface area contributed by atoms with E-state index in [1.54, 1.807) is 0 Å². The molecule has 0 heterocycles. The Morgan fingerprint density at radius 3 is 2.47 bits per heavy atom. The fraction of sp³-hybridized carbons (Fsp3) is 0.538. The number of benzene rings is 1. The Labute approximate surface area is 103 Å². The van der Waals surface area contributed by atoms with E-state index in [1.807, 2.05) is 13.0 Å². The standard InChI is InChI=1S/C13H18Cl2/c1-9(2)12(14)6-4-11-5-7-13(15)10(3)8-11/h5,7-9,12H,4,6H2,1-3H3. The fourth-order valence-corrected chi connectivity index (χ4v) is 1.73. The third-order valence-corrected chi connectivity index (χ3v) is 3.80. The molecule has 84 valence electrons. The van der Waals surface area contributed by atoms with Crippen molar-refractivity contribution in [1.29, 1.82) is 0 Å². The molecule has 0 spiro atoms. The van der Waals surface area contributed by atoms with Crippen molar-refractivity contribution in [3.05, 3.63) is 34.3 Å². The minimum Gasteiger partial charge on any atom is -0.123 e. The summed E-state index contributed by atoms with van der Waals surface area (Å²) < 4.78 is 0. The van der Waals surface area contributed by atoms with E-state index in [2.05, 4.69) is 26.0 Å². The smallest absolute Gasteiger partial charge is 0.0435 e. The van der Waals surface area contributed by atoms with Gasteiger partial charge in [0, 0.05) is 10.4 Å². The first-order chi connectivity index (χ1) is 7.00. The van der Waals surface area contributed by atoms with Gasteiger partial charge in [0.2, 0.25) is 0 Å². The van der Waals surface area contributed by atoms with Gasteiger partial charge in [-0.05, 0) is 42.9 Å². The fourth-order valence-electron chi connectivity index (χ4n) is 1.50. The van der Waals surface area contributed by atoms with Crippen LogP contribution in [0.25, 0.3) is 0 Å². The highest BCUT2D eigenvalue weighted by Gasteiger charge is 2.09. The molecule has 2 heteroatoms. The molecule has 0 fully saturated rings. The molecule has 0 aliphatic heterocycles. The lowest BCUT2D eigenvalue weighted by Gasteiger charge is -2.13. The molecule has 0 bridgehead atoms. The zero-order valence-corrected chi connectivity index (χ0v) is 11.1. The summed E-state index contributed by atoms with van der Waals surface area (Å²) in [6.07, 6.45) is 2.06. The van der Waals surface area contributed by atoms with Crippen molar-refractivity contribution >= 4 is 23.2 Å². The number of rotatable bonds is 4. The molecule has 0 aromatic heterocycles. The third-order valence-electron chi connectivity index (χ3n) is 2.65. The Kier molecular flexibility index (Phi) is 4.95. The third kappa shape index (κ3) is 4.04. The van der Waals surface area contributed by atoms with Crippen LogP contribution in [0.5, 0.6) is 0 Å². The van der Waals surface area contributed by atoms with Crippen LogP contribution in [0.15, 0.2) is 18.2 Å². The Bertz CT molecular complexity index is 318. The molecular weight excluding hydrogens is 227 g/mol. The highest BCUT2D eigenvalue weighted by Crippen LogP contribution is 2.20. The van der Waals surface area contributed by atoms with E-state index < -0.39 is 0 Å². The van der Waals surface area contributed by atoms with Gasteiger partial charge >= 0.3 is 0 Å². The molecule has 15 heavy (non-hydrogen) atoms. The largest absolute Gasteiger partial charge is 0.123 e. The lowest BCUT2D eigenvalue weighted by atomic mass is 10.0. The quantitative estimate of drug-likeness (QED) is 0.665. The molecule has 0 radical (unpaired) electrons. The topological polar surface area (TPSA) is 0 Å². The molecule has 1 atom stereocenters. The van der Waals surface area contributed by atoms with Crippen molar-refractivity contribution in [3.8, 4) is 0 Å². The molecule has 0 amide bonds. The van der Waals surface area contributed by atoms with Crippen LogP contribution in [-0.4, -0.2) is 5.38 Å². The predicted molar refractivity (Wildman–Crippen MR) is 69.0 cm³/mol. The van der Waals surface area contributed by atoms with Gasteiger partial charge in [0.15, 0.2) is 0 Å². The van der Waals surface area contributed by atoms with Gasteiger partial charge in [-0.1, -0.05) is 37.6 Å². The number of halogens is 2. The summed E-state index contributed by atoms with van der Waals surface area (Å²) >= 11 is 12.2. The van der Waals surface area contributed by atoms with E-state index in [0.717, 1.165) is 23.4 Å². The summed E-state index contributed by atoms with van der Waals surface area (Å²) in [4.78, 5) is 0. The molecule has 0 nitrogen and oxygen atoms in total. The maximum absolute atomic E-state index is 6.21. The number of aryl methyl sites for hydroxylation is 2. The molecule has 0 aliphatic rings. The van der Waals surface area contributed by atoms with Crippen molar-refractivity contribution in [2.45, 2.75) is 39.0 Å². The van der Waals surface area contributed by atoms with Crippen LogP contribution in [0.4, 0.5) is 0 Å². The van der Waals surface area contributed by atoms with E-state index in [0.29, 0.717) is 5.92 Å². The maximum atomic E-state index is 6.21. The molecule has 1 aromatic rings. The van der Waals surface area contributed by atoms with Crippen LogP contribution in [0.1, 0.15) is 31.4 Å². The van der Waals surface area contributed by atoms with Crippen molar-refractivity contribution in [2.24, 2.45) is 5.92 Å². The summed E-state index contributed by atoms with van der Waals surface area (Å²) in [6, 6.07) is 6.19. The zero-order chi connectivity index (χ0) is 11.4. The lowest BCUT2D eigenvalue weighted by molar-refractivity contribution is 0.565. The molecule has 0 saturated heterocycles. The summed E-state index contributed by atoms with van der Waals surface area (Å²) in [7, 11) is 0. The van der Waals surface area contributed by atoms with E-state index >= 15 is 0 Å². The SMILES string of the molecule is Cc1cc(CCC(Cl)C(C)C)ccc1Cl. The normalized spacial score (nSPS) is 13.2. The summed E-state index contributed by atoms with van der Waals surface area (Å²) in [6.45, 7) is 6.35. The van der Waals surface area contributed by atoms with E-state index in [1.165, 1.54) is 5.56 Å². The second-order valence-corrected chi connectivity index (χ2v) is 5.35. The Balaban J connectivity index is 2.55. The summed E-state index contributed by atoms with van der Waals surface area (Å²) in [5, 5.41) is 1.10. The lowest BCUT2D eigenvalue weighted by Crippen LogP contribution is -2.08. The van der Waals surface area contributed by atoms with Crippen LogP contribution in [-0.2, 0) is 6.42 Å². The Morgan fingerprint density at radius 1 is 1.27 bits per heavy atom. The van der Waals surface area contributed by atoms with Crippen LogP contribution in [0.3, 0.4) is 0 Å². The Hall–Kier alpha value is -0.200. The minimum atomic E-state index is 0.265. The van der Waals surface area contributed by atoms with Gasteiger partial charge in [-0.2, -0.15) is 0 Å². The monoisotopic (exact) mass is 244 g/mol. The van der Waals surface area contributed by atoms with Crippen molar-refractivity contribution in [2.75, 3.05) is 0 Å². The zero-order valence-electron chi connectivity index (χ0n) is 9.56. The highest BCUT2D eigenvalue weighted by atomic mass is 35.5. The van der Waals surface area contributed by atoms with Gasteiger partial charge in [-0.3, -0.25) is 0 Å². The van der Waals surface area contributed by atoms with E-state index in [9.17, 15) is 0 Å². The first-order valence-corrected chi connectivity index (χ1v) is 6.21. The second kappa shape index (κ2) is 5.77. The molecule has 1 unspecified atom stereocenters. The van der Waals surface area contributed by atoms with Gasteiger partial charge in [0.25, 0.3) is 0 Å². The van der Waals surface area contributed by atoms with Crippen LogP contribution in [0, 0.1) is 12.8 Å². The van der Waals surface area contributed by atoms with Crippen molar-refractivity contribution in [1.82, 2.24) is 0 Å². The first kappa shape index (κ1) is 12.9. The average Bonchev–Trinajstić information content (AvgIpc) is 2.19. The maximum Gasteiger partial charge on any atom is 0.0435 e. The molecule has 0 saturated carbocycles. The predicted octanol–water partition coefficient (Wildman–Crippen LogP) is 4.84. The van der Waals surface area contributed by atoms with Crippen LogP contribution >= 0.6 is 23.2 Å². The van der Waals surface area contributed by atoms with E-state index in [4.69, 9.17) is 23.2 Å². The van der Waals surface area contributed by atoms with Crippen LogP contribution < -0.4 is 0 Å². The van der Waals surface area contributed by atoms with Gasteiger partial charge < -0.3 is 0 Å². The van der Waals surface area contributed by atoms with Gasteiger partial charge in [0.1, 0.15) is 0 Å². The second-order valence-electron chi connectivity index (χ2n) is 4.38. The molecular formula is C13H18Cl2.